The van der Waals surface area contributed by atoms with Gasteiger partial charge >= 0.3 is 496 Å². The number of hydrogen-bond donors (Lipinski definition) is 0. The van der Waals surface area contributed by atoms with E-state index in [1.54, 1.807) is 4.57 Å². The Morgan fingerprint density at radius 3 is 1.16 bits per heavy atom. The summed E-state index contributed by atoms with van der Waals surface area (Å²) in [4.78, 5) is 7.20. The monoisotopic (exact) mass is 2680 g/mol. The van der Waals surface area contributed by atoms with Crippen molar-refractivity contribution in [2.45, 2.75) is 135 Å². The number of rotatable bonds is 10. The van der Waals surface area contributed by atoms with Crippen molar-refractivity contribution in [3.05, 3.63) is 118 Å². The molecular weight excluding hydrogens is 2620 g/mol. The van der Waals surface area contributed by atoms with Crippen molar-refractivity contribution >= 4 is 47.4 Å². The molecule has 0 bridgehead atoms. The summed E-state index contributed by atoms with van der Waals surface area (Å²) in [6, 6.07) is 8.58. The zero-order chi connectivity index (χ0) is 51.3. The first-order valence-corrected chi connectivity index (χ1v) is 27.3. The number of hydrogen-bond acceptors (Lipinski definition) is 0. The average molecular weight is 2680 g/mol. The van der Waals surface area contributed by atoms with Crippen molar-refractivity contribution in [3.63, 3.8) is 0 Å². The summed E-state index contributed by atoms with van der Waals surface area (Å²) in [5.74, 6) is 2.32. The van der Waals surface area contributed by atoms with Gasteiger partial charge in [-0.3, -0.25) is 0 Å². The fourth-order valence-electron chi connectivity index (χ4n) is 4.12. The Bertz CT molecular complexity index is 1780. The average Bonchev–Trinajstić information content (AvgIpc) is 4.12. The summed E-state index contributed by atoms with van der Waals surface area (Å²) in [5, 5.41) is 0. The van der Waals surface area contributed by atoms with E-state index in [1.165, 1.54) is 22.3 Å². The van der Waals surface area contributed by atoms with Gasteiger partial charge in [0.25, 0.3) is 0 Å². The van der Waals surface area contributed by atoms with Crippen molar-refractivity contribution in [1.29, 1.82) is 0 Å². The molecule has 0 aromatic carbocycles. The number of allylic oxidation sites excluding steroid dienone is 8. The Morgan fingerprint density at radius 2 is 0.960 bits per heavy atom. The first kappa shape index (κ1) is 122. The third-order valence-corrected chi connectivity index (χ3v) is 9.16. The van der Waals surface area contributed by atoms with Gasteiger partial charge in [0.1, 0.15) is 0 Å². The third kappa shape index (κ3) is 77.7. The molecule has 3 aromatic rings. The number of nitrogens with zero attached hydrogens (tertiary/aromatic N) is 3. The van der Waals surface area contributed by atoms with Gasteiger partial charge < -0.3 is 0 Å². The summed E-state index contributed by atoms with van der Waals surface area (Å²) in [6.45, 7) is 30.8. The predicted molar refractivity (Wildman–Crippen MR) is 245 cm³/mol. The molecule has 5 rings (SSSR count). The number of aromatic nitrogens is 3. The van der Waals surface area contributed by atoms with Crippen molar-refractivity contribution in [2.75, 3.05) is 0 Å². The largest absolute Gasteiger partial charge is 0 e. The van der Waals surface area contributed by atoms with Crippen LogP contribution in [-0.2, 0) is 263 Å². The first-order valence-electron chi connectivity index (χ1n) is 20.3. The van der Waals surface area contributed by atoms with Gasteiger partial charge in [-0.1, -0.05) is 0 Å². The van der Waals surface area contributed by atoms with Gasteiger partial charge in [0.2, 0.25) is 0 Å². The molecule has 0 fully saturated rings. The topological polar surface area (TPSA) is 24.0 Å². The van der Waals surface area contributed by atoms with E-state index in [2.05, 4.69) is 334 Å². The maximum absolute atomic E-state index is 4.30. The van der Waals surface area contributed by atoms with Gasteiger partial charge in [0.15, 0.2) is 0 Å². The van der Waals surface area contributed by atoms with E-state index in [0.717, 1.165) is 35.4 Å². The van der Waals surface area contributed by atoms with Crippen LogP contribution in [0, 0.1) is 192 Å². The maximum atomic E-state index is 4.30. The molecule has 23 heteroatoms. The first-order chi connectivity index (χ1) is 30.8. The smallest absolute Gasteiger partial charge is 0 e. The molecule has 3 heterocycles. The van der Waals surface area contributed by atoms with Gasteiger partial charge in [-0.25, -0.2) is 0 Å². The van der Waals surface area contributed by atoms with E-state index in [-0.39, 0.29) is 248 Å². The van der Waals surface area contributed by atoms with Gasteiger partial charge in [-0.05, 0) is 0 Å². The summed E-state index contributed by atoms with van der Waals surface area (Å²) in [6.07, 6.45) is 23.3. The second-order valence-corrected chi connectivity index (χ2v) is 19.3. The van der Waals surface area contributed by atoms with Crippen LogP contribution >= 0.6 is 0 Å². The third-order valence-electron chi connectivity index (χ3n) is 7.30. The van der Waals surface area contributed by atoms with Crippen LogP contribution in [0.2, 0.25) is 0 Å². The van der Waals surface area contributed by atoms with Crippen LogP contribution in [0.3, 0.4) is 0 Å². The fraction of sp³-hybridized carbons (Fsp3) is 0.423. The Labute approximate surface area is 728 Å². The van der Waals surface area contributed by atoms with Crippen molar-refractivity contribution in [1.82, 2.24) is 14.1 Å². The van der Waals surface area contributed by atoms with Crippen molar-refractivity contribution < 1.29 is 418 Å². The van der Waals surface area contributed by atoms with E-state index >= 15 is 0 Å². The SMILES string of the molecule is CC(C)C1=CCC([C-]=[V])=[C-]1.CC(C)C1=[C-]C([C-]=[V])=CC1.CC(C)c1[c-]n([C-]=[V])cc1.CC(C)c1ccc([C-]=[V])[n-]1.CC(C)n1[c-]c([C-]=[V])cc1.C[C-]=[V].C[C-]=[V].C[C-]=[V].C[C-]=[V].C[C-]=[V].[U].[U].[U].[U].[U].[V].[V].[V].[V].[V]. The minimum atomic E-state index is 0. The quantitative estimate of drug-likeness (QED) is 0.186. The Hall–Kier alpha value is 9.53. The van der Waals surface area contributed by atoms with Crippen LogP contribution in [-0.4, -0.2) is 56.6 Å². The molecule has 0 spiro atoms. The molecule has 0 N–H and O–H groups in total. The molecule has 3 aromatic heterocycles. The molecular formula is C52H62N3U5V15-15. The minimum absolute atomic E-state index is 0. The Kier molecular flexibility index (Phi) is 146. The minimum Gasteiger partial charge on any atom is 0 e. The summed E-state index contributed by atoms with van der Waals surface area (Å²) in [5.41, 5.74) is 9.36. The maximum Gasteiger partial charge on any atom is 0 e. The van der Waals surface area contributed by atoms with Gasteiger partial charge in [0.05, 0.1) is 0 Å². The fourth-order valence-corrected chi connectivity index (χ4v) is 5.16. The van der Waals surface area contributed by atoms with Crippen LogP contribution in [0.15, 0.2) is 71.1 Å². The zero-order valence-corrected chi connectivity index (χ0v) is 87.2. The van der Waals surface area contributed by atoms with Gasteiger partial charge in [-0.2, -0.15) is 0 Å². The van der Waals surface area contributed by atoms with Crippen molar-refractivity contribution in [2.24, 2.45) is 11.8 Å². The molecule has 0 aliphatic heterocycles. The Balaban J connectivity index is -0.0000000419. The van der Waals surface area contributed by atoms with Crippen LogP contribution in [0.4, 0.5) is 0 Å². The van der Waals surface area contributed by atoms with Gasteiger partial charge in [0, 0.05) is 248 Å². The van der Waals surface area contributed by atoms with E-state index in [9.17, 15) is 0 Å². The molecule has 3 nitrogen and oxygen atoms in total. The zero-order valence-electron chi connectivity index (χ0n) is 45.5. The summed E-state index contributed by atoms with van der Waals surface area (Å²) < 4.78 is 29.2. The molecule has 0 unspecified atom stereocenters. The predicted octanol–water partition coefficient (Wildman–Crippen LogP) is 9.23. The molecule has 75 heavy (non-hydrogen) atoms. The van der Waals surface area contributed by atoms with Crippen LogP contribution in [0.5, 0.6) is 0 Å². The second-order valence-electron chi connectivity index (χ2n) is 14.1. The van der Waals surface area contributed by atoms with Crippen LogP contribution in [0.1, 0.15) is 157 Å². The Morgan fingerprint density at radius 1 is 0.493 bits per heavy atom. The van der Waals surface area contributed by atoms with Crippen LogP contribution < -0.4 is 4.98 Å². The van der Waals surface area contributed by atoms with Gasteiger partial charge in [-0.15, -0.1) is 0 Å². The van der Waals surface area contributed by atoms with E-state index in [1.807, 2.05) is 69.8 Å². The van der Waals surface area contributed by atoms with E-state index in [0.29, 0.717) is 29.7 Å². The molecule has 2 aliphatic rings. The summed E-state index contributed by atoms with van der Waals surface area (Å²) in [7, 11) is 0. The summed E-state index contributed by atoms with van der Waals surface area (Å²) >= 11 is 22.7. The standard InChI is InChI=1S/2C9H10.3C8H9N.5C2H3.5U.15V/c2*1-7(2)9-5-4-8(3)6-9;1-7(2)8-4-5-9(3)6-8;1-7(2)9-5-4-8(3)6-9;1-6(2)8-5-4-7(3)9-8;5*1-2;;;;;;;;;;;;;;;;;;;;/h5,7H,4H2,1-2H3;4,7H,5H2,1-2H3;2*4-5,7H,1-2H3;4-6H,1-2H3;5*1H3;;;;;;;;;;;;;;;;;;;;/q5*-2;5*-1;;;;;;;;;;;;;;;;;;;;. The van der Waals surface area contributed by atoms with E-state index in [4.69, 9.17) is 0 Å². The molecule has 5 radical (unpaired) electrons. The van der Waals surface area contributed by atoms with E-state index < -0.39 is 0 Å². The molecule has 2 aliphatic carbocycles. The molecule has 395 valence electrons. The molecule has 0 saturated heterocycles. The van der Waals surface area contributed by atoms with Crippen LogP contribution in [0.25, 0.3) is 0 Å². The van der Waals surface area contributed by atoms with Crippen molar-refractivity contribution in [3.8, 4) is 0 Å². The molecule has 0 atom stereocenters. The molecule has 0 saturated carbocycles. The second kappa shape index (κ2) is 89.9. The molecule has 0 amide bonds. The normalized spacial score (nSPS) is 9.41.